The fourth-order valence-electron chi connectivity index (χ4n) is 2.41. The number of carboxylic acid groups (broad SMARTS) is 1. The molecule has 0 unspecified atom stereocenters. The smallest absolute Gasteiger partial charge is 0.359 e. The number of carboxylic acids is 1. The first kappa shape index (κ1) is 21.5. The molecule has 0 aliphatic heterocycles. The standard InChI is InChI=1S/C20H33NO4/c1-16-8-10-17(11-9-16)25-20(4,5)15-24-19(2,3)12-13-21(6,7)14-18(22)23/h8-11H,12-15H2,1-7H3/p+1. The summed E-state index contributed by atoms with van der Waals surface area (Å²) in [6, 6.07) is 7.99. The number of rotatable bonds is 10. The van der Waals surface area contributed by atoms with Gasteiger partial charge in [-0.1, -0.05) is 17.7 Å². The highest BCUT2D eigenvalue weighted by molar-refractivity contribution is 5.67. The van der Waals surface area contributed by atoms with Gasteiger partial charge in [0.25, 0.3) is 0 Å². The number of hydrogen-bond acceptors (Lipinski definition) is 3. The van der Waals surface area contributed by atoms with E-state index in [1.807, 2.05) is 73.0 Å². The molecule has 0 radical (unpaired) electrons. The largest absolute Gasteiger partial charge is 0.485 e. The van der Waals surface area contributed by atoms with Crippen molar-refractivity contribution in [1.82, 2.24) is 0 Å². The number of hydrogen-bond donors (Lipinski definition) is 1. The number of benzene rings is 1. The minimum atomic E-state index is -0.781. The fourth-order valence-corrected chi connectivity index (χ4v) is 2.41. The van der Waals surface area contributed by atoms with Gasteiger partial charge in [-0.2, -0.15) is 0 Å². The quantitative estimate of drug-likeness (QED) is 0.655. The number of carbonyl (C=O) groups is 1. The molecule has 0 bridgehead atoms. The molecule has 0 atom stereocenters. The normalized spacial score (nSPS) is 12.9. The summed E-state index contributed by atoms with van der Waals surface area (Å²) in [5.74, 6) is 0.0487. The van der Waals surface area contributed by atoms with Gasteiger partial charge in [0.2, 0.25) is 0 Å². The van der Waals surface area contributed by atoms with Crippen LogP contribution >= 0.6 is 0 Å². The van der Waals surface area contributed by atoms with Gasteiger partial charge in [-0.25, -0.2) is 4.79 Å². The van der Waals surface area contributed by atoms with Gasteiger partial charge in [-0.3, -0.25) is 0 Å². The van der Waals surface area contributed by atoms with Crippen LogP contribution in [0, 0.1) is 6.92 Å². The molecule has 25 heavy (non-hydrogen) atoms. The maximum absolute atomic E-state index is 10.9. The first-order valence-electron chi connectivity index (χ1n) is 8.74. The minimum absolute atomic E-state index is 0.109. The summed E-state index contributed by atoms with van der Waals surface area (Å²) in [6.07, 6.45) is 0.772. The van der Waals surface area contributed by atoms with E-state index in [1.165, 1.54) is 5.56 Å². The van der Waals surface area contributed by atoms with Gasteiger partial charge in [0, 0.05) is 6.42 Å². The van der Waals surface area contributed by atoms with Crippen molar-refractivity contribution in [2.24, 2.45) is 0 Å². The van der Waals surface area contributed by atoms with Crippen molar-refractivity contribution in [2.45, 2.75) is 52.2 Å². The summed E-state index contributed by atoms with van der Waals surface area (Å²) in [6.45, 7) is 11.4. The molecule has 0 aliphatic carbocycles. The van der Waals surface area contributed by atoms with Crippen LogP contribution in [0.3, 0.4) is 0 Å². The topological polar surface area (TPSA) is 55.8 Å². The second kappa shape index (κ2) is 8.19. The summed E-state index contributed by atoms with van der Waals surface area (Å²) in [4.78, 5) is 10.9. The number of ether oxygens (including phenoxy) is 2. The number of nitrogens with zero attached hydrogens (tertiary/aromatic N) is 1. The highest BCUT2D eigenvalue weighted by Gasteiger charge is 2.29. The molecule has 1 rings (SSSR count). The summed E-state index contributed by atoms with van der Waals surface area (Å²) in [7, 11) is 3.85. The Labute approximate surface area is 152 Å². The molecular formula is C20H34NO4+. The second-order valence-electron chi connectivity index (χ2n) is 8.68. The molecule has 0 fully saturated rings. The van der Waals surface area contributed by atoms with Crippen molar-refractivity contribution >= 4 is 5.97 Å². The molecule has 1 aromatic rings. The molecule has 0 amide bonds. The molecule has 0 saturated carbocycles. The Hall–Kier alpha value is -1.59. The first-order chi connectivity index (χ1) is 11.3. The Kier molecular flexibility index (Phi) is 7.03. The molecule has 1 aromatic carbocycles. The lowest BCUT2D eigenvalue weighted by molar-refractivity contribution is -0.883. The molecule has 1 N–H and O–H groups in total. The summed E-state index contributed by atoms with van der Waals surface area (Å²) < 4.78 is 12.6. The van der Waals surface area contributed by atoms with Gasteiger partial charge < -0.3 is 19.1 Å². The Morgan fingerprint density at radius 1 is 1.08 bits per heavy atom. The summed E-state index contributed by atoms with van der Waals surface area (Å²) >= 11 is 0. The van der Waals surface area contributed by atoms with Crippen LogP contribution in [0.5, 0.6) is 5.75 Å². The van der Waals surface area contributed by atoms with Crippen LogP contribution in [0.15, 0.2) is 24.3 Å². The van der Waals surface area contributed by atoms with Crippen LogP contribution in [0.25, 0.3) is 0 Å². The van der Waals surface area contributed by atoms with E-state index in [-0.39, 0.29) is 12.1 Å². The van der Waals surface area contributed by atoms with E-state index in [4.69, 9.17) is 14.6 Å². The van der Waals surface area contributed by atoms with Gasteiger partial charge in [-0.05, 0) is 46.8 Å². The molecule has 0 aliphatic rings. The molecule has 142 valence electrons. The Balaban J connectivity index is 2.52. The van der Waals surface area contributed by atoms with Gasteiger partial charge in [-0.15, -0.1) is 0 Å². The average Bonchev–Trinajstić information content (AvgIpc) is 2.45. The zero-order chi connectivity index (χ0) is 19.3. The van der Waals surface area contributed by atoms with Crippen LogP contribution in [0.4, 0.5) is 0 Å². The maximum Gasteiger partial charge on any atom is 0.359 e. The van der Waals surface area contributed by atoms with Gasteiger partial charge in [0.15, 0.2) is 6.54 Å². The fraction of sp³-hybridized carbons (Fsp3) is 0.650. The Morgan fingerprint density at radius 3 is 2.16 bits per heavy atom. The number of quaternary nitrogens is 1. The van der Waals surface area contributed by atoms with E-state index in [0.717, 1.165) is 18.7 Å². The molecule has 0 saturated heterocycles. The number of aryl methyl sites for hydroxylation is 1. The van der Waals surface area contributed by atoms with Crippen molar-refractivity contribution in [1.29, 1.82) is 0 Å². The van der Waals surface area contributed by atoms with E-state index in [0.29, 0.717) is 11.1 Å². The van der Waals surface area contributed by atoms with Gasteiger partial charge in [0.1, 0.15) is 11.4 Å². The Bertz CT molecular complexity index is 562. The van der Waals surface area contributed by atoms with E-state index < -0.39 is 11.6 Å². The van der Waals surface area contributed by atoms with Crippen LogP contribution in [0.1, 0.15) is 39.7 Å². The number of aliphatic carboxylic acids is 1. The monoisotopic (exact) mass is 352 g/mol. The van der Waals surface area contributed by atoms with Crippen LogP contribution in [0.2, 0.25) is 0 Å². The van der Waals surface area contributed by atoms with Crippen LogP contribution in [-0.2, 0) is 9.53 Å². The van der Waals surface area contributed by atoms with Crippen molar-refractivity contribution in [2.75, 3.05) is 33.8 Å². The SMILES string of the molecule is Cc1ccc(OC(C)(C)COC(C)(C)CC[N+](C)(C)CC(=O)O)cc1. The molecule has 0 heterocycles. The highest BCUT2D eigenvalue weighted by atomic mass is 16.6. The third kappa shape index (κ3) is 8.89. The molecular weight excluding hydrogens is 318 g/mol. The number of likely N-dealkylation sites (N-methyl/N-ethyl adjacent to an activating group) is 1. The Morgan fingerprint density at radius 2 is 1.64 bits per heavy atom. The average molecular weight is 352 g/mol. The molecule has 5 heteroatoms. The lowest BCUT2D eigenvalue weighted by Crippen LogP contribution is -2.47. The van der Waals surface area contributed by atoms with Gasteiger partial charge in [0.05, 0.1) is 32.8 Å². The lowest BCUT2D eigenvalue weighted by atomic mass is 10.0. The molecule has 0 aromatic heterocycles. The van der Waals surface area contributed by atoms with Crippen molar-refractivity contribution in [3.05, 3.63) is 29.8 Å². The highest BCUT2D eigenvalue weighted by Crippen LogP contribution is 2.23. The first-order valence-corrected chi connectivity index (χ1v) is 8.74. The second-order valence-corrected chi connectivity index (χ2v) is 8.68. The van der Waals surface area contributed by atoms with Gasteiger partial charge >= 0.3 is 5.97 Å². The van der Waals surface area contributed by atoms with E-state index >= 15 is 0 Å². The van der Waals surface area contributed by atoms with Crippen LogP contribution in [-0.4, -0.2) is 60.6 Å². The zero-order valence-electron chi connectivity index (χ0n) is 16.8. The van der Waals surface area contributed by atoms with Crippen molar-refractivity contribution in [3.63, 3.8) is 0 Å². The molecule has 5 nitrogen and oxygen atoms in total. The maximum atomic E-state index is 10.9. The lowest BCUT2D eigenvalue weighted by Gasteiger charge is -2.35. The van der Waals surface area contributed by atoms with E-state index in [1.54, 1.807) is 0 Å². The predicted octanol–water partition coefficient (Wildman–Crippen LogP) is 3.50. The summed E-state index contributed by atoms with van der Waals surface area (Å²) in [5.41, 5.74) is 0.407. The minimum Gasteiger partial charge on any atom is -0.485 e. The predicted molar refractivity (Wildman–Crippen MR) is 100 cm³/mol. The van der Waals surface area contributed by atoms with Crippen LogP contribution < -0.4 is 4.74 Å². The van der Waals surface area contributed by atoms with Crippen molar-refractivity contribution in [3.8, 4) is 5.75 Å². The molecule has 0 spiro atoms. The summed E-state index contributed by atoms with van der Waals surface area (Å²) in [5, 5.41) is 8.98. The third-order valence-electron chi connectivity index (χ3n) is 4.11. The van der Waals surface area contributed by atoms with Crippen molar-refractivity contribution < 1.29 is 23.9 Å². The third-order valence-corrected chi connectivity index (χ3v) is 4.11. The zero-order valence-corrected chi connectivity index (χ0v) is 16.8. The van der Waals surface area contributed by atoms with E-state index in [2.05, 4.69) is 0 Å². The van der Waals surface area contributed by atoms with E-state index in [9.17, 15) is 4.79 Å².